The Morgan fingerprint density at radius 3 is 2.61 bits per heavy atom. The summed E-state index contributed by atoms with van der Waals surface area (Å²) in [7, 11) is 2.06. The zero-order valence-corrected chi connectivity index (χ0v) is 17.4. The van der Waals surface area contributed by atoms with Crippen molar-refractivity contribution in [2.75, 3.05) is 26.7 Å². The fourth-order valence-corrected chi connectivity index (χ4v) is 5.14. The van der Waals surface area contributed by atoms with Gasteiger partial charge in [0, 0.05) is 60.3 Å². The van der Waals surface area contributed by atoms with Crippen LogP contribution in [-0.4, -0.2) is 52.6 Å². The molecule has 0 amide bonds. The Hall–Kier alpha value is -1.85. The average molecular weight is 380 g/mol. The molecule has 3 aliphatic rings. The molecule has 0 radical (unpaired) electrons. The van der Waals surface area contributed by atoms with Gasteiger partial charge in [0.25, 0.3) is 0 Å². The van der Waals surface area contributed by atoms with Crippen LogP contribution >= 0.6 is 0 Å². The fourth-order valence-electron chi connectivity index (χ4n) is 5.14. The maximum atomic E-state index is 5.09. The molecule has 2 aromatic rings. The van der Waals surface area contributed by atoms with Gasteiger partial charge in [0.1, 0.15) is 0 Å². The Morgan fingerprint density at radius 1 is 1.18 bits per heavy atom. The lowest BCUT2D eigenvalue weighted by Gasteiger charge is -2.49. The van der Waals surface area contributed by atoms with E-state index in [4.69, 9.17) is 9.97 Å². The van der Waals surface area contributed by atoms with E-state index in [9.17, 15) is 0 Å². The molecule has 2 aromatic heterocycles. The molecule has 5 heteroatoms. The van der Waals surface area contributed by atoms with Crippen molar-refractivity contribution in [3.8, 4) is 11.4 Å². The number of hydrogen-bond acceptors (Lipinski definition) is 5. The van der Waals surface area contributed by atoms with Gasteiger partial charge in [-0.2, -0.15) is 0 Å². The molecule has 2 bridgehead atoms. The molecule has 1 unspecified atom stereocenters. The van der Waals surface area contributed by atoms with Crippen molar-refractivity contribution in [1.82, 2.24) is 25.2 Å². The molecule has 1 N–H and O–H groups in total. The van der Waals surface area contributed by atoms with E-state index < -0.39 is 0 Å². The van der Waals surface area contributed by atoms with Crippen molar-refractivity contribution in [2.45, 2.75) is 57.4 Å². The highest BCUT2D eigenvalue weighted by molar-refractivity contribution is 5.54. The summed E-state index contributed by atoms with van der Waals surface area (Å²) in [6.45, 7) is 7.98. The number of fused-ring (bicyclic) bond motifs is 3. The van der Waals surface area contributed by atoms with Gasteiger partial charge >= 0.3 is 0 Å². The average Bonchev–Trinajstić information content (AvgIpc) is 2.76. The van der Waals surface area contributed by atoms with Crippen LogP contribution in [0.25, 0.3) is 11.4 Å². The zero-order chi connectivity index (χ0) is 19.5. The van der Waals surface area contributed by atoms with Crippen LogP contribution in [0.1, 0.15) is 62.8 Å². The Balaban J connectivity index is 1.69. The van der Waals surface area contributed by atoms with Crippen molar-refractivity contribution in [3.05, 3.63) is 42.0 Å². The molecular formula is C23H33N5. The van der Waals surface area contributed by atoms with Gasteiger partial charge in [0.15, 0.2) is 5.82 Å². The van der Waals surface area contributed by atoms with Crippen LogP contribution in [0.3, 0.4) is 0 Å². The third-order valence-electron chi connectivity index (χ3n) is 6.81. The highest BCUT2D eigenvalue weighted by Crippen LogP contribution is 2.42. The van der Waals surface area contributed by atoms with Crippen LogP contribution in [0.5, 0.6) is 0 Å². The standard InChI is InChI=1S/C23H33N5/c1-4-16(5-2)21-13-22(27-23(26-21)17-6-9-25-10-7-17)20-15-28-11-8-18(20)12-19(28)14-24-3/h6-7,9-10,13,16,18-20,24H,4-5,8,11-12,14-15H2,1-3H3/t18-,19+,20-/m0/s1. The molecule has 3 saturated heterocycles. The number of likely N-dealkylation sites (N-methyl/N-ethyl adjacent to an activating group) is 1. The van der Waals surface area contributed by atoms with Gasteiger partial charge < -0.3 is 5.32 Å². The summed E-state index contributed by atoms with van der Waals surface area (Å²) in [5.41, 5.74) is 3.53. The summed E-state index contributed by atoms with van der Waals surface area (Å²) in [4.78, 5) is 16.9. The summed E-state index contributed by atoms with van der Waals surface area (Å²) >= 11 is 0. The first kappa shape index (κ1) is 19.5. The summed E-state index contributed by atoms with van der Waals surface area (Å²) in [5, 5.41) is 3.37. The van der Waals surface area contributed by atoms with Crippen molar-refractivity contribution in [2.24, 2.45) is 5.92 Å². The van der Waals surface area contributed by atoms with Gasteiger partial charge in [-0.1, -0.05) is 13.8 Å². The van der Waals surface area contributed by atoms with Crippen molar-refractivity contribution in [1.29, 1.82) is 0 Å². The number of nitrogens with zero attached hydrogens (tertiary/aromatic N) is 4. The molecule has 28 heavy (non-hydrogen) atoms. The molecule has 0 spiro atoms. The Labute approximate surface area is 169 Å². The third kappa shape index (κ3) is 3.83. The molecule has 3 fully saturated rings. The summed E-state index contributed by atoms with van der Waals surface area (Å²) in [5.74, 6) is 2.63. The first-order valence-electron chi connectivity index (χ1n) is 10.9. The van der Waals surface area contributed by atoms with Crippen LogP contribution in [0.15, 0.2) is 30.6 Å². The highest BCUT2D eigenvalue weighted by atomic mass is 15.2. The number of aromatic nitrogens is 3. The topological polar surface area (TPSA) is 53.9 Å². The fraction of sp³-hybridized carbons (Fsp3) is 0.609. The molecule has 0 aromatic carbocycles. The first-order chi connectivity index (χ1) is 13.7. The Bertz CT molecular complexity index is 774. The number of hydrogen-bond donors (Lipinski definition) is 1. The van der Waals surface area contributed by atoms with E-state index in [1.54, 1.807) is 0 Å². The second-order valence-electron chi connectivity index (χ2n) is 8.39. The first-order valence-corrected chi connectivity index (χ1v) is 10.9. The number of pyridine rings is 1. The number of rotatable bonds is 7. The van der Waals surface area contributed by atoms with Crippen LogP contribution in [0, 0.1) is 5.92 Å². The van der Waals surface area contributed by atoms with Gasteiger partial charge in [-0.15, -0.1) is 0 Å². The SMILES string of the molecule is CCC(CC)c1cc([C@H]2CN3CC[C@H]2C[C@@H]3CNC)nc(-c2ccncc2)n1. The van der Waals surface area contributed by atoms with E-state index in [2.05, 4.69) is 42.2 Å². The molecule has 0 saturated carbocycles. The van der Waals surface area contributed by atoms with Gasteiger partial charge in [0.05, 0.1) is 0 Å². The Kier molecular flexibility index (Phi) is 6.02. The van der Waals surface area contributed by atoms with E-state index in [1.807, 2.05) is 24.5 Å². The van der Waals surface area contributed by atoms with E-state index >= 15 is 0 Å². The minimum Gasteiger partial charge on any atom is -0.318 e. The van der Waals surface area contributed by atoms with Crippen molar-refractivity contribution < 1.29 is 0 Å². The van der Waals surface area contributed by atoms with E-state index in [0.29, 0.717) is 17.9 Å². The molecular weight excluding hydrogens is 346 g/mol. The third-order valence-corrected chi connectivity index (χ3v) is 6.81. The molecule has 4 atom stereocenters. The zero-order valence-electron chi connectivity index (χ0n) is 17.4. The monoisotopic (exact) mass is 379 g/mol. The minimum atomic E-state index is 0.500. The van der Waals surface area contributed by atoms with E-state index in [-0.39, 0.29) is 0 Å². The lowest BCUT2D eigenvalue weighted by Crippen LogP contribution is -2.55. The molecule has 3 aliphatic heterocycles. The van der Waals surface area contributed by atoms with Crippen LogP contribution in [0.4, 0.5) is 0 Å². The lowest BCUT2D eigenvalue weighted by molar-refractivity contribution is 0.0302. The predicted molar refractivity (Wildman–Crippen MR) is 113 cm³/mol. The van der Waals surface area contributed by atoms with E-state index in [0.717, 1.165) is 43.2 Å². The van der Waals surface area contributed by atoms with Gasteiger partial charge in [-0.25, -0.2) is 9.97 Å². The van der Waals surface area contributed by atoms with E-state index in [1.165, 1.54) is 30.8 Å². The normalized spacial score (nSPS) is 26.7. The molecule has 0 aliphatic carbocycles. The maximum absolute atomic E-state index is 5.09. The number of nitrogens with one attached hydrogen (secondary N) is 1. The molecule has 5 rings (SSSR count). The van der Waals surface area contributed by atoms with Crippen molar-refractivity contribution >= 4 is 0 Å². The quantitative estimate of drug-likeness (QED) is 0.792. The summed E-state index contributed by atoms with van der Waals surface area (Å²) in [6.07, 6.45) is 8.47. The lowest BCUT2D eigenvalue weighted by atomic mass is 9.74. The van der Waals surface area contributed by atoms with Gasteiger partial charge in [-0.05, 0) is 63.4 Å². The summed E-state index contributed by atoms with van der Waals surface area (Å²) < 4.78 is 0. The molecule has 5 heterocycles. The van der Waals surface area contributed by atoms with Crippen LogP contribution in [0.2, 0.25) is 0 Å². The number of piperidine rings is 3. The minimum absolute atomic E-state index is 0.500. The Morgan fingerprint density at radius 2 is 1.96 bits per heavy atom. The maximum Gasteiger partial charge on any atom is 0.159 e. The smallest absolute Gasteiger partial charge is 0.159 e. The second-order valence-corrected chi connectivity index (χ2v) is 8.39. The highest BCUT2D eigenvalue weighted by Gasteiger charge is 2.41. The van der Waals surface area contributed by atoms with Crippen LogP contribution in [-0.2, 0) is 0 Å². The molecule has 150 valence electrons. The van der Waals surface area contributed by atoms with Crippen LogP contribution < -0.4 is 5.32 Å². The summed E-state index contributed by atoms with van der Waals surface area (Å²) in [6, 6.07) is 7.05. The largest absolute Gasteiger partial charge is 0.318 e. The second kappa shape index (κ2) is 8.66. The van der Waals surface area contributed by atoms with Gasteiger partial charge in [-0.3, -0.25) is 9.88 Å². The predicted octanol–water partition coefficient (Wildman–Crippen LogP) is 3.84. The molecule has 5 nitrogen and oxygen atoms in total. The van der Waals surface area contributed by atoms with Gasteiger partial charge in [0.2, 0.25) is 0 Å². The van der Waals surface area contributed by atoms with Crippen molar-refractivity contribution in [3.63, 3.8) is 0 Å².